The van der Waals surface area contributed by atoms with Crippen molar-refractivity contribution in [1.29, 1.82) is 0 Å². The summed E-state index contributed by atoms with van der Waals surface area (Å²) < 4.78 is 0. The third-order valence-electron chi connectivity index (χ3n) is 1.02. The molecule has 0 aromatic heterocycles. The molecule has 78 valence electrons. The van der Waals surface area contributed by atoms with Crippen LogP contribution in [0.4, 0.5) is 0 Å². The summed E-state index contributed by atoms with van der Waals surface area (Å²) in [6.07, 6.45) is 0. The first kappa shape index (κ1) is 22.8. The van der Waals surface area contributed by atoms with Crippen LogP contribution in [-0.2, 0) is 0 Å². The molecule has 1 aromatic carbocycles. The van der Waals surface area contributed by atoms with E-state index in [4.69, 9.17) is 5.11 Å². The molecule has 0 spiro atoms. The summed E-state index contributed by atoms with van der Waals surface area (Å²) in [7, 11) is 0. The van der Waals surface area contributed by atoms with Crippen LogP contribution in [0.1, 0.15) is 25.2 Å². The Hall–Kier alpha value is -0.620. The van der Waals surface area contributed by atoms with E-state index in [2.05, 4.69) is 0 Å². The van der Waals surface area contributed by atoms with Crippen LogP contribution >= 0.6 is 24.0 Å². The maximum absolute atomic E-state index is 10.2. The Labute approximate surface area is 96.8 Å². The predicted molar refractivity (Wildman–Crippen MR) is 67.3 cm³/mol. The highest BCUT2D eigenvalue weighted by atomic mass is 127. The van der Waals surface area contributed by atoms with Crippen molar-refractivity contribution in [3.8, 4) is 0 Å². The summed E-state index contributed by atoms with van der Waals surface area (Å²) in [5.74, 6) is -0.879. The molecule has 3 nitrogen and oxygen atoms in total. The normalized spacial score (nSPS) is 6.15. The number of benzene rings is 1. The summed E-state index contributed by atoms with van der Waals surface area (Å²) >= 11 is 0. The summed E-state index contributed by atoms with van der Waals surface area (Å²) in [5.41, 5.74) is 0.331. The SMILES string of the molecule is C.C.I.N.O=C(O)c1ccccc1. The third kappa shape index (κ3) is 7.73. The van der Waals surface area contributed by atoms with E-state index < -0.39 is 5.97 Å². The molecule has 0 saturated carbocycles. The maximum Gasteiger partial charge on any atom is 0.335 e. The predicted octanol–water partition coefficient (Wildman–Crippen LogP) is 3.44. The second kappa shape index (κ2) is 11.4. The lowest BCUT2D eigenvalue weighted by molar-refractivity contribution is 0.0697. The monoisotopic (exact) mass is 299 g/mol. The molecule has 0 bridgehead atoms. The number of aromatic carboxylic acids is 1. The molecule has 0 saturated heterocycles. The van der Waals surface area contributed by atoms with Gasteiger partial charge in [-0.15, -0.1) is 24.0 Å². The van der Waals surface area contributed by atoms with Gasteiger partial charge in [-0.05, 0) is 12.1 Å². The molecule has 4 heteroatoms. The fourth-order valence-corrected chi connectivity index (χ4v) is 0.581. The van der Waals surface area contributed by atoms with Gasteiger partial charge in [-0.2, -0.15) is 0 Å². The molecule has 0 heterocycles. The summed E-state index contributed by atoms with van der Waals surface area (Å²) in [6.45, 7) is 0. The van der Waals surface area contributed by atoms with Gasteiger partial charge in [0.05, 0.1) is 5.56 Å². The van der Waals surface area contributed by atoms with Gasteiger partial charge >= 0.3 is 5.97 Å². The summed E-state index contributed by atoms with van der Waals surface area (Å²) in [4.78, 5) is 10.2. The number of carboxylic acids is 1. The molecule has 4 N–H and O–H groups in total. The molecule has 0 aliphatic rings. The van der Waals surface area contributed by atoms with Crippen LogP contribution in [0.15, 0.2) is 30.3 Å². The van der Waals surface area contributed by atoms with Crippen molar-refractivity contribution >= 4 is 29.9 Å². The average molecular weight is 299 g/mol. The molecular formula is C9H18INO2. The van der Waals surface area contributed by atoms with Gasteiger partial charge in [-0.1, -0.05) is 33.1 Å². The van der Waals surface area contributed by atoms with E-state index in [1.165, 1.54) is 0 Å². The van der Waals surface area contributed by atoms with Gasteiger partial charge in [0, 0.05) is 0 Å². The number of carbonyl (C=O) groups is 1. The van der Waals surface area contributed by atoms with Gasteiger partial charge in [0.15, 0.2) is 0 Å². The number of hydrogen-bond acceptors (Lipinski definition) is 2. The number of carboxylic acid groups (broad SMARTS) is 1. The smallest absolute Gasteiger partial charge is 0.335 e. The number of halogens is 1. The van der Waals surface area contributed by atoms with Crippen LogP contribution in [0.3, 0.4) is 0 Å². The van der Waals surface area contributed by atoms with E-state index in [1.807, 2.05) is 0 Å². The second-order valence-electron chi connectivity index (χ2n) is 1.67. The first-order valence-electron chi connectivity index (χ1n) is 2.59. The van der Waals surface area contributed by atoms with Crippen molar-refractivity contribution < 1.29 is 9.90 Å². The Bertz CT molecular complexity index is 214. The number of rotatable bonds is 1. The quantitative estimate of drug-likeness (QED) is 0.780. The minimum atomic E-state index is -0.879. The second-order valence-corrected chi connectivity index (χ2v) is 1.67. The van der Waals surface area contributed by atoms with Gasteiger partial charge in [-0.25, -0.2) is 4.79 Å². The molecular weight excluding hydrogens is 281 g/mol. The van der Waals surface area contributed by atoms with E-state index in [0.29, 0.717) is 5.56 Å². The topological polar surface area (TPSA) is 72.3 Å². The molecule has 0 amide bonds. The summed E-state index contributed by atoms with van der Waals surface area (Å²) in [6, 6.07) is 8.30. The first-order valence-corrected chi connectivity index (χ1v) is 2.59. The average Bonchev–Trinajstić information content (AvgIpc) is 1.90. The highest BCUT2D eigenvalue weighted by Gasteiger charge is 1.96. The number of hydrogen-bond donors (Lipinski definition) is 2. The van der Waals surface area contributed by atoms with Crippen LogP contribution in [0, 0.1) is 0 Å². The van der Waals surface area contributed by atoms with E-state index in [0.717, 1.165) is 0 Å². The Morgan fingerprint density at radius 1 is 1.08 bits per heavy atom. The zero-order chi connectivity index (χ0) is 6.69. The van der Waals surface area contributed by atoms with Crippen molar-refractivity contribution in [2.45, 2.75) is 14.9 Å². The lowest BCUT2D eigenvalue weighted by Crippen LogP contribution is -1.93. The Morgan fingerprint density at radius 2 is 1.46 bits per heavy atom. The van der Waals surface area contributed by atoms with Crippen LogP contribution in [-0.4, -0.2) is 11.1 Å². The van der Waals surface area contributed by atoms with Crippen LogP contribution < -0.4 is 6.15 Å². The molecule has 13 heavy (non-hydrogen) atoms. The Morgan fingerprint density at radius 3 is 1.69 bits per heavy atom. The van der Waals surface area contributed by atoms with Crippen LogP contribution in [0.5, 0.6) is 0 Å². The van der Waals surface area contributed by atoms with E-state index in [9.17, 15) is 4.79 Å². The standard InChI is InChI=1S/C7H6O2.2CH4.HI.H3N/c8-7(9)6-4-2-1-3-5-6;;;;/h1-5H,(H,8,9);2*1H4;1H;1H3. The molecule has 0 unspecified atom stereocenters. The Balaban J connectivity index is -0.000000101. The van der Waals surface area contributed by atoms with Gasteiger partial charge < -0.3 is 11.3 Å². The molecule has 1 rings (SSSR count). The van der Waals surface area contributed by atoms with Crippen LogP contribution in [0.2, 0.25) is 0 Å². The summed E-state index contributed by atoms with van der Waals surface area (Å²) in [5, 5.41) is 8.38. The zero-order valence-electron chi connectivity index (χ0n) is 5.86. The highest BCUT2D eigenvalue weighted by molar-refractivity contribution is 14.0. The Kier molecular flexibility index (Phi) is 20.0. The van der Waals surface area contributed by atoms with Gasteiger partial charge in [0.25, 0.3) is 0 Å². The van der Waals surface area contributed by atoms with E-state index >= 15 is 0 Å². The van der Waals surface area contributed by atoms with Crippen molar-refractivity contribution in [3.05, 3.63) is 35.9 Å². The molecule has 0 radical (unpaired) electrons. The minimum absolute atomic E-state index is 0. The van der Waals surface area contributed by atoms with Crippen molar-refractivity contribution in [2.75, 3.05) is 0 Å². The molecule has 0 fully saturated rings. The molecule has 1 aromatic rings. The van der Waals surface area contributed by atoms with Crippen molar-refractivity contribution in [3.63, 3.8) is 0 Å². The molecule has 0 aliphatic carbocycles. The maximum atomic E-state index is 10.2. The zero-order valence-corrected chi connectivity index (χ0v) is 8.19. The first-order chi connectivity index (χ1) is 4.30. The van der Waals surface area contributed by atoms with Gasteiger partial charge in [0.1, 0.15) is 0 Å². The molecule has 0 aliphatic heterocycles. The third-order valence-corrected chi connectivity index (χ3v) is 1.02. The van der Waals surface area contributed by atoms with Crippen molar-refractivity contribution in [1.82, 2.24) is 6.15 Å². The fraction of sp³-hybridized carbons (Fsp3) is 0.222. The fourth-order valence-electron chi connectivity index (χ4n) is 0.581. The van der Waals surface area contributed by atoms with Gasteiger partial charge in [0.2, 0.25) is 0 Å². The minimum Gasteiger partial charge on any atom is -0.478 e. The lowest BCUT2D eigenvalue weighted by atomic mass is 10.2. The van der Waals surface area contributed by atoms with E-state index in [-0.39, 0.29) is 45.0 Å². The van der Waals surface area contributed by atoms with E-state index in [1.54, 1.807) is 30.3 Å². The van der Waals surface area contributed by atoms with Gasteiger partial charge in [-0.3, -0.25) is 0 Å². The molecule has 0 atom stereocenters. The highest BCUT2D eigenvalue weighted by Crippen LogP contribution is 1.96. The largest absolute Gasteiger partial charge is 0.478 e. The lowest BCUT2D eigenvalue weighted by Gasteiger charge is -1.88. The van der Waals surface area contributed by atoms with Crippen LogP contribution in [0.25, 0.3) is 0 Å². The van der Waals surface area contributed by atoms with Crippen molar-refractivity contribution in [2.24, 2.45) is 0 Å².